The molecule has 2 heterocycles. The normalized spacial score (nSPS) is 18.8. The molecule has 1 amide bonds. The highest BCUT2D eigenvalue weighted by Crippen LogP contribution is 2.30. The summed E-state index contributed by atoms with van der Waals surface area (Å²) in [6, 6.07) is 7.85. The molecule has 0 bridgehead atoms. The largest absolute Gasteiger partial charge is 0.326 e. The van der Waals surface area contributed by atoms with Gasteiger partial charge < -0.3 is 10.2 Å². The first-order valence-corrected chi connectivity index (χ1v) is 5.04. The van der Waals surface area contributed by atoms with Crippen molar-refractivity contribution in [3.63, 3.8) is 0 Å². The molecular formula is C11H11N3O. The van der Waals surface area contributed by atoms with Crippen LogP contribution in [0.25, 0.3) is 0 Å². The lowest BCUT2D eigenvalue weighted by Gasteiger charge is -2.18. The molecule has 0 saturated heterocycles. The van der Waals surface area contributed by atoms with Gasteiger partial charge in [-0.1, -0.05) is 12.1 Å². The minimum atomic E-state index is 0.0191. The van der Waals surface area contributed by atoms with Gasteiger partial charge in [-0.05, 0) is 12.1 Å². The molecule has 0 unspecified atom stereocenters. The average Bonchev–Trinajstić information content (AvgIpc) is 2.62. The summed E-state index contributed by atoms with van der Waals surface area (Å²) in [6.07, 6.45) is 0.384. The molecule has 0 atom stereocenters. The van der Waals surface area contributed by atoms with Gasteiger partial charge in [0.1, 0.15) is 5.84 Å². The quantitative estimate of drug-likeness (QED) is 0.686. The van der Waals surface area contributed by atoms with Crippen molar-refractivity contribution in [2.45, 2.75) is 6.42 Å². The maximum Gasteiger partial charge on any atom is 0.232 e. The molecule has 4 nitrogen and oxygen atoms in total. The topological polar surface area (TPSA) is 44.7 Å². The fraction of sp³-hybridized carbons (Fsp3) is 0.273. The van der Waals surface area contributed by atoms with Crippen molar-refractivity contribution < 1.29 is 4.79 Å². The van der Waals surface area contributed by atoms with Gasteiger partial charge in [-0.3, -0.25) is 9.79 Å². The van der Waals surface area contributed by atoms with Gasteiger partial charge >= 0.3 is 0 Å². The Hall–Kier alpha value is -1.84. The number of aliphatic imine (C=N–C) groups is 1. The van der Waals surface area contributed by atoms with Crippen molar-refractivity contribution in [1.82, 2.24) is 0 Å². The first-order chi connectivity index (χ1) is 7.34. The van der Waals surface area contributed by atoms with Crippen LogP contribution in [0.5, 0.6) is 0 Å². The third-order valence-corrected chi connectivity index (χ3v) is 2.72. The molecule has 2 aliphatic heterocycles. The lowest BCUT2D eigenvalue weighted by atomic mass is 10.2. The van der Waals surface area contributed by atoms with E-state index in [1.165, 1.54) is 0 Å². The van der Waals surface area contributed by atoms with Crippen LogP contribution in [-0.4, -0.2) is 24.8 Å². The number of amides is 1. The molecule has 0 aliphatic carbocycles. The number of rotatable bonds is 0. The Bertz CT molecular complexity index is 453. The van der Waals surface area contributed by atoms with Crippen LogP contribution in [-0.2, 0) is 4.79 Å². The van der Waals surface area contributed by atoms with Crippen LogP contribution in [0, 0.1) is 0 Å². The zero-order valence-electron chi connectivity index (χ0n) is 8.23. The van der Waals surface area contributed by atoms with Crippen LogP contribution in [0.3, 0.4) is 0 Å². The molecular weight excluding hydrogens is 190 g/mol. The number of amidine groups is 1. The highest BCUT2D eigenvalue weighted by molar-refractivity contribution is 6.17. The van der Waals surface area contributed by atoms with Gasteiger partial charge in [0.05, 0.1) is 24.3 Å². The van der Waals surface area contributed by atoms with Crippen LogP contribution in [0.1, 0.15) is 6.42 Å². The van der Waals surface area contributed by atoms with Crippen LogP contribution in [0.2, 0.25) is 0 Å². The van der Waals surface area contributed by atoms with Gasteiger partial charge in [-0.25, -0.2) is 0 Å². The molecule has 1 N–H and O–H groups in total. The second-order valence-corrected chi connectivity index (χ2v) is 3.69. The SMILES string of the molecule is O=C1CC2=NCCN2c2ccccc2N1. The zero-order valence-corrected chi connectivity index (χ0v) is 8.23. The predicted octanol–water partition coefficient (Wildman–Crippen LogP) is 1.25. The number of benzene rings is 1. The molecule has 1 aromatic rings. The molecule has 0 saturated carbocycles. The van der Waals surface area contributed by atoms with Crippen molar-refractivity contribution >= 4 is 23.1 Å². The van der Waals surface area contributed by atoms with Gasteiger partial charge in [-0.2, -0.15) is 0 Å². The van der Waals surface area contributed by atoms with Gasteiger partial charge in [0, 0.05) is 6.54 Å². The number of hydrogen-bond acceptors (Lipinski definition) is 3. The summed E-state index contributed by atoms with van der Waals surface area (Å²) >= 11 is 0. The molecule has 76 valence electrons. The molecule has 0 aromatic heterocycles. The van der Waals surface area contributed by atoms with E-state index in [4.69, 9.17) is 0 Å². The van der Waals surface area contributed by atoms with Crippen LogP contribution in [0.15, 0.2) is 29.3 Å². The fourth-order valence-electron chi connectivity index (χ4n) is 2.06. The maximum absolute atomic E-state index is 11.6. The van der Waals surface area contributed by atoms with E-state index < -0.39 is 0 Å². The average molecular weight is 201 g/mol. The standard InChI is InChI=1S/C11H11N3O/c15-11-7-10-12-5-6-14(10)9-4-2-1-3-8(9)13-11/h1-4H,5-7H2,(H,13,15). The number of carbonyl (C=O) groups excluding carboxylic acids is 1. The van der Waals surface area contributed by atoms with E-state index in [1.54, 1.807) is 0 Å². The van der Waals surface area contributed by atoms with Crippen LogP contribution >= 0.6 is 0 Å². The summed E-state index contributed by atoms with van der Waals surface area (Å²) in [5.74, 6) is 0.906. The highest BCUT2D eigenvalue weighted by Gasteiger charge is 2.26. The van der Waals surface area contributed by atoms with E-state index in [1.807, 2.05) is 24.3 Å². The summed E-state index contributed by atoms with van der Waals surface area (Å²) in [5, 5.41) is 2.89. The smallest absolute Gasteiger partial charge is 0.232 e. The number of fused-ring (bicyclic) bond motifs is 3. The van der Waals surface area contributed by atoms with E-state index >= 15 is 0 Å². The zero-order chi connectivity index (χ0) is 10.3. The molecule has 0 spiro atoms. The molecule has 0 fully saturated rings. The van der Waals surface area contributed by atoms with E-state index in [0.717, 1.165) is 30.3 Å². The Kier molecular flexibility index (Phi) is 1.74. The summed E-state index contributed by atoms with van der Waals surface area (Å²) < 4.78 is 0. The summed E-state index contributed by atoms with van der Waals surface area (Å²) in [4.78, 5) is 18.0. The second kappa shape index (κ2) is 3.08. The Morgan fingerprint density at radius 1 is 1.33 bits per heavy atom. The molecule has 4 heteroatoms. The third kappa shape index (κ3) is 1.29. The number of carbonyl (C=O) groups is 1. The minimum absolute atomic E-state index is 0.0191. The number of nitrogens with one attached hydrogen (secondary N) is 1. The Labute approximate surface area is 87.6 Å². The summed E-state index contributed by atoms with van der Waals surface area (Å²) in [6.45, 7) is 1.66. The van der Waals surface area contributed by atoms with Gasteiger partial charge in [-0.15, -0.1) is 0 Å². The van der Waals surface area contributed by atoms with Crippen molar-refractivity contribution in [3.05, 3.63) is 24.3 Å². The molecule has 1 aromatic carbocycles. The summed E-state index contributed by atoms with van der Waals surface area (Å²) in [5.41, 5.74) is 1.94. The van der Waals surface area contributed by atoms with Gasteiger partial charge in [0.2, 0.25) is 5.91 Å². The van der Waals surface area contributed by atoms with Gasteiger partial charge in [0.15, 0.2) is 0 Å². The van der Waals surface area contributed by atoms with Crippen molar-refractivity contribution in [2.75, 3.05) is 23.3 Å². The van der Waals surface area contributed by atoms with E-state index in [2.05, 4.69) is 15.2 Å². The van der Waals surface area contributed by atoms with E-state index in [0.29, 0.717) is 6.42 Å². The summed E-state index contributed by atoms with van der Waals surface area (Å²) in [7, 11) is 0. The molecule has 3 rings (SSSR count). The molecule has 15 heavy (non-hydrogen) atoms. The number of hydrogen-bond donors (Lipinski definition) is 1. The number of anilines is 2. The van der Waals surface area contributed by atoms with E-state index in [-0.39, 0.29) is 5.91 Å². The predicted molar refractivity (Wildman–Crippen MR) is 59.3 cm³/mol. The fourth-order valence-corrected chi connectivity index (χ4v) is 2.06. The molecule has 2 aliphatic rings. The Morgan fingerprint density at radius 3 is 3.13 bits per heavy atom. The molecule has 0 radical (unpaired) electrons. The number of nitrogens with zero attached hydrogens (tertiary/aromatic N) is 2. The van der Waals surface area contributed by atoms with Crippen molar-refractivity contribution in [2.24, 2.45) is 4.99 Å². The first kappa shape index (κ1) is 8.47. The minimum Gasteiger partial charge on any atom is -0.326 e. The highest BCUT2D eigenvalue weighted by atomic mass is 16.1. The lowest BCUT2D eigenvalue weighted by Crippen LogP contribution is -2.27. The van der Waals surface area contributed by atoms with Crippen LogP contribution in [0.4, 0.5) is 11.4 Å². The maximum atomic E-state index is 11.6. The van der Waals surface area contributed by atoms with Crippen molar-refractivity contribution in [3.8, 4) is 0 Å². The third-order valence-electron chi connectivity index (χ3n) is 2.72. The van der Waals surface area contributed by atoms with Gasteiger partial charge in [0.25, 0.3) is 0 Å². The van der Waals surface area contributed by atoms with E-state index in [9.17, 15) is 4.79 Å². The second-order valence-electron chi connectivity index (χ2n) is 3.69. The monoisotopic (exact) mass is 201 g/mol. The lowest BCUT2D eigenvalue weighted by molar-refractivity contribution is -0.115. The first-order valence-electron chi connectivity index (χ1n) is 5.04. The van der Waals surface area contributed by atoms with Crippen LogP contribution < -0.4 is 10.2 Å². The Morgan fingerprint density at radius 2 is 2.20 bits per heavy atom. The number of para-hydroxylation sites is 2. The van der Waals surface area contributed by atoms with Crippen molar-refractivity contribution in [1.29, 1.82) is 0 Å². The Balaban J connectivity index is 2.14.